The number of benzene rings is 3. The predicted molar refractivity (Wildman–Crippen MR) is 109 cm³/mol. The molecule has 0 unspecified atom stereocenters. The highest BCUT2D eigenvalue weighted by molar-refractivity contribution is 5.76. The van der Waals surface area contributed by atoms with Gasteiger partial charge in [-0.3, -0.25) is 0 Å². The summed E-state index contributed by atoms with van der Waals surface area (Å²) in [5, 5.41) is 10.3. The monoisotopic (exact) mass is 372 g/mol. The van der Waals surface area contributed by atoms with Crippen molar-refractivity contribution in [1.29, 1.82) is 0 Å². The molecule has 0 aromatic heterocycles. The molecular formula is C24H22NO3+. The maximum atomic E-state index is 10.3. The number of hydrogen-bond acceptors (Lipinski definition) is 3. The van der Waals surface area contributed by atoms with Crippen LogP contribution in [0.1, 0.15) is 28.8 Å². The maximum absolute atomic E-state index is 10.3. The molecule has 0 amide bonds. The molecule has 0 saturated carbocycles. The molecule has 4 rings (SSSR count). The first kappa shape index (κ1) is 17.9. The van der Waals surface area contributed by atoms with Crippen LogP contribution >= 0.6 is 0 Å². The van der Waals surface area contributed by atoms with E-state index in [0.29, 0.717) is 0 Å². The highest BCUT2D eigenvalue weighted by Gasteiger charge is 2.39. The lowest BCUT2D eigenvalue weighted by molar-refractivity contribution is -0.534. The summed E-state index contributed by atoms with van der Waals surface area (Å²) in [6.07, 6.45) is 3.29. The summed E-state index contributed by atoms with van der Waals surface area (Å²) in [5.41, 5.74) is 3.11. The highest BCUT2D eigenvalue weighted by Crippen LogP contribution is 2.39. The van der Waals surface area contributed by atoms with E-state index in [1.165, 1.54) is 0 Å². The molecule has 0 spiro atoms. The Bertz CT molecular complexity index is 979. The third kappa shape index (κ3) is 3.76. The number of hydrogen-bond donors (Lipinski definition) is 1. The van der Waals surface area contributed by atoms with Crippen LogP contribution in [0.2, 0.25) is 0 Å². The van der Waals surface area contributed by atoms with Crippen molar-refractivity contribution >= 4 is 6.21 Å². The minimum Gasteiger partial charge on any atom is -0.497 e. The SMILES string of the molecule is COc1ccc(C=[N+]2C=C(O)O[C@@H](c3ccccc3)[C@H]2c2ccccc2)cc1. The molecule has 1 heterocycles. The minimum atomic E-state index is -0.344. The van der Waals surface area contributed by atoms with Crippen molar-refractivity contribution in [2.75, 3.05) is 7.11 Å². The Kier molecular flexibility index (Phi) is 5.11. The van der Waals surface area contributed by atoms with Crippen molar-refractivity contribution in [1.82, 2.24) is 0 Å². The summed E-state index contributed by atoms with van der Waals surface area (Å²) in [5.74, 6) is 0.699. The van der Waals surface area contributed by atoms with Gasteiger partial charge < -0.3 is 14.6 Å². The largest absolute Gasteiger partial charge is 0.497 e. The molecule has 4 nitrogen and oxygen atoms in total. The molecule has 28 heavy (non-hydrogen) atoms. The van der Waals surface area contributed by atoms with Gasteiger partial charge in [-0.05, 0) is 29.8 Å². The third-order valence-corrected chi connectivity index (χ3v) is 4.80. The average molecular weight is 372 g/mol. The van der Waals surface area contributed by atoms with Crippen LogP contribution in [0.15, 0.2) is 97.1 Å². The van der Waals surface area contributed by atoms with Crippen molar-refractivity contribution < 1.29 is 19.2 Å². The van der Waals surface area contributed by atoms with E-state index in [1.54, 1.807) is 13.3 Å². The number of aliphatic hydroxyl groups is 1. The number of ether oxygens (including phenoxy) is 2. The Morgan fingerprint density at radius 3 is 2.07 bits per heavy atom. The minimum absolute atomic E-state index is 0.106. The zero-order chi connectivity index (χ0) is 19.3. The van der Waals surface area contributed by atoms with Gasteiger partial charge in [0.1, 0.15) is 5.75 Å². The molecule has 0 aliphatic carbocycles. The Balaban J connectivity index is 1.81. The number of aliphatic hydroxyl groups excluding tert-OH is 1. The van der Waals surface area contributed by atoms with E-state index in [2.05, 4.69) is 12.1 Å². The van der Waals surface area contributed by atoms with Crippen LogP contribution in [0.3, 0.4) is 0 Å². The Labute approximate surface area is 164 Å². The van der Waals surface area contributed by atoms with Gasteiger partial charge in [-0.25, -0.2) is 0 Å². The summed E-state index contributed by atoms with van der Waals surface area (Å²) in [6, 6.07) is 27.8. The van der Waals surface area contributed by atoms with Gasteiger partial charge in [0.15, 0.2) is 12.3 Å². The maximum Gasteiger partial charge on any atom is 0.344 e. The van der Waals surface area contributed by atoms with Crippen LogP contribution in [-0.2, 0) is 4.74 Å². The molecule has 1 aliphatic heterocycles. The highest BCUT2D eigenvalue weighted by atomic mass is 16.6. The number of rotatable bonds is 4. The molecule has 3 aromatic rings. The normalized spacial score (nSPS) is 20.3. The fourth-order valence-corrected chi connectivity index (χ4v) is 3.46. The fourth-order valence-electron chi connectivity index (χ4n) is 3.46. The van der Waals surface area contributed by atoms with E-state index < -0.39 is 0 Å². The van der Waals surface area contributed by atoms with Crippen molar-refractivity contribution in [3.05, 3.63) is 114 Å². The molecule has 2 atom stereocenters. The van der Waals surface area contributed by atoms with E-state index in [4.69, 9.17) is 9.47 Å². The molecular weight excluding hydrogens is 350 g/mol. The van der Waals surface area contributed by atoms with Crippen molar-refractivity contribution in [3.63, 3.8) is 0 Å². The van der Waals surface area contributed by atoms with Crippen LogP contribution < -0.4 is 4.74 Å². The first-order valence-corrected chi connectivity index (χ1v) is 9.18. The van der Waals surface area contributed by atoms with E-state index in [0.717, 1.165) is 22.4 Å². The second-order valence-electron chi connectivity index (χ2n) is 6.62. The summed E-state index contributed by atoms with van der Waals surface area (Å²) >= 11 is 0. The zero-order valence-corrected chi connectivity index (χ0v) is 15.6. The van der Waals surface area contributed by atoms with E-state index in [9.17, 15) is 5.11 Å². The fraction of sp³-hybridized carbons (Fsp3) is 0.125. The van der Waals surface area contributed by atoms with Crippen LogP contribution in [0.25, 0.3) is 0 Å². The topological polar surface area (TPSA) is 41.7 Å². The molecule has 1 aliphatic rings. The molecule has 0 bridgehead atoms. The predicted octanol–water partition coefficient (Wildman–Crippen LogP) is 5.00. The number of nitrogens with zero attached hydrogens (tertiary/aromatic N) is 1. The molecule has 1 N–H and O–H groups in total. The van der Waals surface area contributed by atoms with Gasteiger partial charge in [0, 0.05) is 11.1 Å². The molecule has 140 valence electrons. The molecule has 0 saturated heterocycles. The van der Waals surface area contributed by atoms with Gasteiger partial charge in [-0.1, -0.05) is 60.7 Å². The van der Waals surface area contributed by atoms with Crippen molar-refractivity contribution in [3.8, 4) is 5.75 Å². The quantitative estimate of drug-likeness (QED) is 0.656. The molecule has 0 radical (unpaired) electrons. The van der Waals surface area contributed by atoms with Gasteiger partial charge >= 0.3 is 5.95 Å². The van der Waals surface area contributed by atoms with Gasteiger partial charge in [0.25, 0.3) is 6.20 Å². The second kappa shape index (κ2) is 8.01. The van der Waals surface area contributed by atoms with Crippen molar-refractivity contribution in [2.24, 2.45) is 0 Å². The Hall–Kier alpha value is -3.53. The Morgan fingerprint density at radius 2 is 1.46 bits per heavy atom. The van der Waals surface area contributed by atoms with E-state index in [-0.39, 0.29) is 18.1 Å². The lowest BCUT2D eigenvalue weighted by Gasteiger charge is -2.28. The van der Waals surface area contributed by atoms with Crippen LogP contribution in [0, 0.1) is 0 Å². The second-order valence-corrected chi connectivity index (χ2v) is 6.62. The standard InChI is InChI=1S/C24H21NO3/c1-27-21-14-12-18(13-15-21)16-25-17-22(26)28-24(20-10-6-3-7-11-20)23(25)19-8-4-2-5-9-19/h2-17,23-24H,1H3/p+1/t23-,24+/m1/s1. The molecule has 0 fully saturated rings. The lowest BCUT2D eigenvalue weighted by atomic mass is 9.94. The van der Waals surface area contributed by atoms with Gasteiger partial charge in [-0.2, -0.15) is 4.58 Å². The zero-order valence-electron chi connectivity index (χ0n) is 15.6. The summed E-state index contributed by atoms with van der Waals surface area (Å²) in [6.45, 7) is 0. The van der Waals surface area contributed by atoms with Gasteiger partial charge in [0.2, 0.25) is 6.04 Å². The van der Waals surface area contributed by atoms with Crippen LogP contribution in [0.5, 0.6) is 5.75 Å². The first-order chi connectivity index (χ1) is 13.7. The summed E-state index contributed by atoms with van der Waals surface area (Å²) in [4.78, 5) is 0. The summed E-state index contributed by atoms with van der Waals surface area (Å²) < 4.78 is 13.1. The molecule has 4 heteroatoms. The molecule has 3 aromatic carbocycles. The van der Waals surface area contributed by atoms with Gasteiger partial charge in [-0.15, -0.1) is 0 Å². The third-order valence-electron chi connectivity index (χ3n) is 4.80. The lowest BCUT2D eigenvalue weighted by Crippen LogP contribution is -2.29. The smallest absolute Gasteiger partial charge is 0.344 e. The van der Waals surface area contributed by atoms with Crippen molar-refractivity contribution in [2.45, 2.75) is 12.1 Å². The first-order valence-electron chi connectivity index (χ1n) is 9.18. The van der Waals surface area contributed by atoms with E-state index in [1.807, 2.05) is 83.6 Å². The van der Waals surface area contributed by atoms with Crippen LogP contribution in [0.4, 0.5) is 0 Å². The van der Waals surface area contributed by atoms with E-state index >= 15 is 0 Å². The average Bonchev–Trinajstić information content (AvgIpc) is 2.75. The number of methoxy groups -OCH3 is 1. The Morgan fingerprint density at radius 1 is 0.857 bits per heavy atom. The van der Waals surface area contributed by atoms with Gasteiger partial charge in [0.05, 0.1) is 7.11 Å². The summed E-state index contributed by atoms with van der Waals surface area (Å²) in [7, 11) is 1.65. The van der Waals surface area contributed by atoms with Crippen LogP contribution in [-0.4, -0.2) is 23.0 Å².